The van der Waals surface area contributed by atoms with Gasteiger partial charge in [-0.1, -0.05) is 6.07 Å². The first kappa shape index (κ1) is 22.6. The molecule has 1 N–H and O–H groups in total. The number of hydrogen-bond acceptors (Lipinski definition) is 5. The molecule has 7 nitrogen and oxygen atoms in total. The maximum absolute atomic E-state index is 5.69. The predicted molar refractivity (Wildman–Crippen MR) is 123 cm³/mol. The molecule has 1 atom stereocenters. The van der Waals surface area contributed by atoms with Crippen LogP contribution in [0.25, 0.3) is 0 Å². The van der Waals surface area contributed by atoms with E-state index >= 15 is 0 Å². The van der Waals surface area contributed by atoms with Crippen molar-refractivity contribution in [1.82, 2.24) is 10.2 Å². The Kier molecular flexibility index (Phi) is 7.87. The quantitative estimate of drug-likeness (QED) is 0.512. The van der Waals surface area contributed by atoms with Crippen molar-refractivity contribution < 1.29 is 18.9 Å². The largest absolute Gasteiger partial charge is 0.497 e. The van der Waals surface area contributed by atoms with Crippen molar-refractivity contribution >= 4 is 5.96 Å². The van der Waals surface area contributed by atoms with Crippen LogP contribution in [0.4, 0.5) is 0 Å². The fourth-order valence-electron chi connectivity index (χ4n) is 3.90. The van der Waals surface area contributed by atoms with Crippen molar-refractivity contribution in [3.8, 4) is 23.0 Å². The average molecular weight is 428 g/mol. The lowest BCUT2D eigenvalue weighted by Crippen LogP contribution is -2.39. The summed E-state index contributed by atoms with van der Waals surface area (Å²) >= 11 is 0. The van der Waals surface area contributed by atoms with Gasteiger partial charge in [-0.25, -0.2) is 0 Å². The zero-order valence-electron chi connectivity index (χ0n) is 19.1. The third-order valence-corrected chi connectivity index (χ3v) is 5.52. The van der Waals surface area contributed by atoms with Gasteiger partial charge >= 0.3 is 0 Å². The van der Waals surface area contributed by atoms with Crippen molar-refractivity contribution in [1.29, 1.82) is 0 Å². The van der Waals surface area contributed by atoms with E-state index in [2.05, 4.69) is 27.3 Å². The molecule has 0 radical (unpaired) electrons. The highest BCUT2D eigenvalue weighted by Gasteiger charge is 2.27. The minimum Gasteiger partial charge on any atom is -0.497 e. The molecule has 31 heavy (non-hydrogen) atoms. The van der Waals surface area contributed by atoms with Crippen LogP contribution in [0.2, 0.25) is 0 Å². The van der Waals surface area contributed by atoms with E-state index in [1.165, 1.54) is 5.56 Å². The summed E-state index contributed by atoms with van der Waals surface area (Å²) in [5.41, 5.74) is 2.34. The molecular formula is C24H33N3O4. The summed E-state index contributed by atoms with van der Waals surface area (Å²) in [7, 11) is 6.84. The van der Waals surface area contributed by atoms with Gasteiger partial charge in [0.15, 0.2) is 17.5 Å². The van der Waals surface area contributed by atoms with Crippen LogP contribution in [-0.2, 0) is 6.54 Å². The molecule has 2 aromatic rings. The summed E-state index contributed by atoms with van der Waals surface area (Å²) in [5, 5.41) is 3.48. The molecule has 1 fully saturated rings. The van der Waals surface area contributed by atoms with E-state index in [9.17, 15) is 0 Å². The molecular weight excluding hydrogens is 394 g/mol. The van der Waals surface area contributed by atoms with E-state index in [0.717, 1.165) is 54.0 Å². The molecule has 0 spiro atoms. The van der Waals surface area contributed by atoms with Gasteiger partial charge in [0.2, 0.25) is 0 Å². The van der Waals surface area contributed by atoms with Crippen LogP contribution in [-0.4, -0.2) is 58.9 Å². The van der Waals surface area contributed by atoms with Gasteiger partial charge in [-0.15, -0.1) is 0 Å². The van der Waals surface area contributed by atoms with Crippen molar-refractivity contribution in [3.63, 3.8) is 0 Å². The third-order valence-electron chi connectivity index (χ3n) is 5.52. The number of aliphatic imine (C=N–C) groups is 1. The molecule has 1 aliphatic heterocycles. The van der Waals surface area contributed by atoms with Crippen LogP contribution in [0.5, 0.6) is 23.0 Å². The zero-order valence-corrected chi connectivity index (χ0v) is 19.1. The van der Waals surface area contributed by atoms with Crippen LogP contribution >= 0.6 is 0 Å². The standard InChI is InChI=1S/C24H33N3O4/c1-6-31-23-11-17(7-8-22(23)30-5)15-26-24(25-2)27-10-9-18(16-27)19-12-20(28-3)14-21(13-19)29-4/h7-8,11-14,18H,6,9-10,15-16H2,1-5H3,(H,25,26). The second kappa shape index (κ2) is 10.8. The maximum atomic E-state index is 5.69. The van der Waals surface area contributed by atoms with Crippen LogP contribution in [0.1, 0.15) is 30.4 Å². The van der Waals surface area contributed by atoms with Gasteiger partial charge in [0.1, 0.15) is 11.5 Å². The van der Waals surface area contributed by atoms with E-state index in [0.29, 0.717) is 19.1 Å². The molecule has 3 rings (SSSR count). The van der Waals surface area contributed by atoms with Crippen LogP contribution in [0.15, 0.2) is 41.4 Å². The first-order valence-electron chi connectivity index (χ1n) is 10.6. The monoisotopic (exact) mass is 427 g/mol. The Balaban J connectivity index is 1.65. The zero-order chi connectivity index (χ0) is 22.2. The minimum atomic E-state index is 0.396. The topological polar surface area (TPSA) is 64.6 Å². The normalized spacial score (nSPS) is 16.2. The molecule has 0 amide bonds. The van der Waals surface area contributed by atoms with Crippen LogP contribution in [0, 0.1) is 0 Å². The Morgan fingerprint density at radius 3 is 2.39 bits per heavy atom. The first-order chi connectivity index (χ1) is 15.1. The van der Waals surface area contributed by atoms with Gasteiger partial charge < -0.3 is 29.2 Å². The molecule has 1 saturated heterocycles. The first-order valence-corrected chi connectivity index (χ1v) is 10.6. The number of nitrogens with one attached hydrogen (secondary N) is 1. The summed E-state index contributed by atoms with van der Waals surface area (Å²) in [6.45, 7) is 5.05. The maximum Gasteiger partial charge on any atom is 0.193 e. The average Bonchev–Trinajstić information content (AvgIpc) is 3.29. The molecule has 0 bridgehead atoms. The van der Waals surface area contributed by atoms with Crippen molar-refractivity contribution in [2.75, 3.05) is 48.1 Å². The smallest absolute Gasteiger partial charge is 0.193 e. The third kappa shape index (κ3) is 5.54. The molecule has 1 unspecified atom stereocenters. The molecule has 7 heteroatoms. The molecule has 168 valence electrons. The van der Waals surface area contributed by atoms with E-state index in [1.54, 1.807) is 21.3 Å². The Hall–Kier alpha value is -3.09. The second-order valence-electron chi connectivity index (χ2n) is 7.40. The van der Waals surface area contributed by atoms with E-state index < -0.39 is 0 Å². The van der Waals surface area contributed by atoms with Crippen molar-refractivity contribution in [3.05, 3.63) is 47.5 Å². The van der Waals surface area contributed by atoms with E-state index in [1.807, 2.05) is 38.2 Å². The highest BCUT2D eigenvalue weighted by atomic mass is 16.5. The predicted octanol–water partition coefficient (Wildman–Crippen LogP) is 3.68. The SMILES string of the molecule is CCOc1cc(CNC(=NC)N2CCC(c3cc(OC)cc(OC)c3)C2)ccc1OC. The number of hydrogen-bond donors (Lipinski definition) is 1. The van der Waals surface area contributed by atoms with Gasteiger partial charge in [-0.2, -0.15) is 0 Å². The number of rotatable bonds is 8. The highest BCUT2D eigenvalue weighted by molar-refractivity contribution is 5.80. The van der Waals surface area contributed by atoms with Crippen LogP contribution in [0.3, 0.4) is 0 Å². The Morgan fingerprint density at radius 1 is 1.03 bits per heavy atom. The van der Waals surface area contributed by atoms with Gasteiger partial charge in [0, 0.05) is 38.7 Å². The number of benzene rings is 2. The number of likely N-dealkylation sites (tertiary alicyclic amines) is 1. The Bertz CT molecular complexity index is 878. The van der Waals surface area contributed by atoms with Gasteiger partial charge in [0.05, 0.1) is 27.9 Å². The summed E-state index contributed by atoms with van der Waals surface area (Å²) < 4.78 is 21.9. The molecule has 1 heterocycles. The number of methoxy groups -OCH3 is 3. The molecule has 2 aromatic carbocycles. The number of nitrogens with zero attached hydrogens (tertiary/aromatic N) is 2. The summed E-state index contributed by atoms with van der Waals surface area (Å²) in [6, 6.07) is 12.1. The summed E-state index contributed by atoms with van der Waals surface area (Å²) in [6.07, 6.45) is 1.05. The van der Waals surface area contributed by atoms with Gasteiger partial charge in [-0.3, -0.25) is 4.99 Å². The second-order valence-corrected chi connectivity index (χ2v) is 7.40. The number of ether oxygens (including phenoxy) is 4. The molecule has 0 saturated carbocycles. The molecule has 1 aliphatic rings. The Labute approximate surface area is 185 Å². The van der Waals surface area contributed by atoms with Crippen LogP contribution < -0.4 is 24.3 Å². The lowest BCUT2D eigenvalue weighted by Gasteiger charge is -2.22. The van der Waals surface area contributed by atoms with E-state index in [-0.39, 0.29) is 0 Å². The summed E-state index contributed by atoms with van der Waals surface area (Å²) in [4.78, 5) is 6.79. The van der Waals surface area contributed by atoms with Crippen molar-refractivity contribution in [2.45, 2.75) is 25.8 Å². The van der Waals surface area contributed by atoms with Gasteiger partial charge in [0.25, 0.3) is 0 Å². The molecule has 0 aromatic heterocycles. The fraction of sp³-hybridized carbons (Fsp3) is 0.458. The molecule has 0 aliphatic carbocycles. The number of guanidine groups is 1. The van der Waals surface area contributed by atoms with E-state index in [4.69, 9.17) is 18.9 Å². The summed E-state index contributed by atoms with van der Waals surface area (Å²) in [5.74, 6) is 4.43. The fourth-order valence-corrected chi connectivity index (χ4v) is 3.90. The van der Waals surface area contributed by atoms with Gasteiger partial charge in [-0.05, 0) is 48.7 Å². The van der Waals surface area contributed by atoms with Crippen molar-refractivity contribution in [2.24, 2.45) is 4.99 Å². The Morgan fingerprint density at radius 2 is 1.77 bits per heavy atom. The minimum absolute atomic E-state index is 0.396. The highest BCUT2D eigenvalue weighted by Crippen LogP contribution is 2.33. The lowest BCUT2D eigenvalue weighted by atomic mass is 9.98. The lowest BCUT2D eigenvalue weighted by molar-refractivity contribution is 0.310.